The van der Waals surface area contributed by atoms with E-state index in [1.807, 2.05) is 0 Å². The van der Waals surface area contributed by atoms with Gasteiger partial charge < -0.3 is 0 Å². The van der Waals surface area contributed by atoms with Crippen LogP contribution in [0.2, 0.25) is 0 Å². The van der Waals surface area contributed by atoms with Gasteiger partial charge >= 0.3 is 156 Å². The zero-order valence-corrected chi connectivity index (χ0v) is 19.1. The van der Waals surface area contributed by atoms with Gasteiger partial charge in [0.1, 0.15) is 0 Å². The van der Waals surface area contributed by atoms with Gasteiger partial charge in [-0.3, -0.25) is 0 Å². The third-order valence-corrected chi connectivity index (χ3v) is 8.36. The summed E-state index contributed by atoms with van der Waals surface area (Å²) in [5, 5.41) is 3.97. The molecule has 1 aromatic carbocycles. The molecule has 2 rings (SSSR count). The van der Waals surface area contributed by atoms with Gasteiger partial charge in [0.25, 0.3) is 0 Å². The van der Waals surface area contributed by atoms with Gasteiger partial charge in [-0.1, -0.05) is 0 Å². The fraction of sp³-hybridized carbons (Fsp3) is 0.727. The van der Waals surface area contributed by atoms with Crippen molar-refractivity contribution < 1.29 is 0 Å². The van der Waals surface area contributed by atoms with Gasteiger partial charge in [0.15, 0.2) is 0 Å². The van der Waals surface area contributed by atoms with Crippen LogP contribution in [0.1, 0.15) is 115 Å². The van der Waals surface area contributed by atoms with E-state index < -0.39 is 0 Å². The molecule has 1 unspecified atom stereocenters. The molecule has 0 bridgehead atoms. The molecule has 0 aromatic heterocycles. The third kappa shape index (κ3) is 3.42. The Hall–Kier alpha value is -0.461. The fourth-order valence-electron chi connectivity index (χ4n) is 4.09. The molecule has 1 aliphatic heterocycles. The first kappa shape index (κ1) is 19.9. The SMILES string of the molecule is CC(C)c1c2c(c(C(C)C)c(C(C)C)c1C(C)C)[Se]C(C(C)C)N2. The van der Waals surface area contributed by atoms with Crippen molar-refractivity contribution >= 4 is 25.1 Å². The Kier molecular flexibility index (Phi) is 6.14. The fourth-order valence-corrected chi connectivity index (χ4v) is 7.16. The van der Waals surface area contributed by atoms with Gasteiger partial charge in [0.05, 0.1) is 0 Å². The number of hydrogen-bond acceptors (Lipinski definition) is 1. The molecular formula is C22H37NSe. The summed E-state index contributed by atoms with van der Waals surface area (Å²) in [6, 6.07) is 0. The molecule has 24 heavy (non-hydrogen) atoms. The van der Waals surface area contributed by atoms with Crippen molar-refractivity contribution in [2.45, 2.75) is 97.8 Å². The second-order valence-electron chi connectivity index (χ2n) is 8.90. The molecule has 1 atom stereocenters. The zero-order valence-electron chi connectivity index (χ0n) is 17.4. The second kappa shape index (κ2) is 7.42. The molecule has 1 aliphatic rings. The molecule has 1 N–H and O–H groups in total. The minimum absolute atomic E-state index is 0.534. The van der Waals surface area contributed by atoms with E-state index in [1.54, 1.807) is 26.7 Å². The van der Waals surface area contributed by atoms with Gasteiger partial charge in [0.2, 0.25) is 0 Å². The van der Waals surface area contributed by atoms with Gasteiger partial charge in [-0.2, -0.15) is 0 Å². The molecule has 0 saturated heterocycles. The number of rotatable bonds is 5. The predicted octanol–water partition coefficient (Wildman–Crippen LogP) is 5.92. The number of anilines is 1. The maximum atomic E-state index is 3.97. The number of fused-ring (bicyclic) bond motifs is 1. The van der Waals surface area contributed by atoms with E-state index in [-0.39, 0.29) is 0 Å². The molecule has 136 valence electrons. The molecule has 0 saturated carbocycles. The van der Waals surface area contributed by atoms with Crippen molar-refractivity contribution in [2.24, 2.45) is 5.92 Å². The van der Waals surface area contributed by atoms with Crippen molar-refractivity contribution in [3.05, 3.63) is 22.3 Å². The summed E-state index contributed by atoms with van der Waals surface area (Å²) in [5.74, 6) is 3.04. The number of hydrogen-bond donors (Lipinski definition) is 1. The van der Waals surface area contributed by atoms with E-state index in [4.69, 9.17) is 0 Å². The summed E-state index contributed by atoms with van der Waals surface area (Å²) in [4.78, 5) is 0.643. The van der Waals surface area contributed by atoms with Crippen LogP contribution in [0.5, 0.6) is 0 Å². The molecule has 0 aliphatic carbocycles. The average Bonchev–Trinajstić information content (AvgIpc) is 2.87. The van der Waals surface area contributed by atoms with E-state index >= 15 is 0 Å². The van der Waals surface area contributed by atoms with E-state index in [0.717, 1.165) is 0 Å². The Morgan fingerprint density at radius 1 is 0.625 bits per heavy atom. The number of benzene rings is 1. The quantitative estimate of drug-likeness (QED) is 0.612. The van der Waals surface area contributed by atoms with Crippen LogP contribution >= 0.6 is 0 Å². The molecular weight excluding hydrogens is 357 g/mol. The Morgan fingerprint density at radius 3 is 1.42 bits per heavy atom. The zero-order chi connectivity index (χ0) is 18.3. The Morgan fingerprint density at radius 2 is 1.04 bits per heavy atom. The summed E-state index contributed by atoms with van der Waals surface area (Å²) in [5.41, 5.74) is 8.09. The number of nitrogens with one attached hydrogen (secondary N) is 1. The van der Waals surface area contributed by atoms with Crippen LogP contribution in [-0.4, -0.2) is 19.9 Å². The summed E-state index contributed by atoms with van der Waals surface area (Å²) in [6.07, 6.45) is 0. The molecule has 2 heteroatoms. The van der Waals surface area contributed by atoms with E-state index in [1.165, 1.54) is 5.69 Å². The summed E-state index contributed by atoms with van der Waals surface area (Å²) in [7, 11) is 0. The van der Waals surface area contributed by atoms with Crippen LogP contribution in [0.3, 0.4) is 0 Å². The van der Waals surface area contributed by atoms with Crippen molar-refractivity contribution in [2.75, 3.05) is 5.32 Å². The maximum absolute atomic E-state index is 3.97. The minimum atomic E-state index is 0.534. The standard InChI is InChI=1S/C22H37NSe/c1-11(2)16-17(12(3)4)19(14(7)8)21-20(18(16)13(5)6)23-22(24-21)15(9)10/h11-15,22-23H,1-10H3. The van der Waals surface area contributed by atoms with Gasteiger partial charge in [-0.05, 0) is 0 Å². The van der Waals surface area contributed by atoms with Crippen LogP contribution in [0.15, 0.2) is 0 Å². The second-order valence-corrected chi connectivity index (χ2v) is 11.3. The van der Waals surface area contributed by atoms with Crippen molar-refractivity contribution in [3.8, 4) is 0 Å². The Bertz CT molecular complexity index is 548. The van der Waals surface area contributed by atoms with Crippen LogP contribution < -0.4 is 9.78 Å². The first-order valence-electron chi connectivity index (χ1n) is 9.74. The Labute approximate surface area is 156 Å². The molecule has 0 radical (unpaired) electrons. The third-order valence-electron chi connectivity index (χ3n) is 5.06. The topological polar surface area (TPSA) is 12.0 Å². The van der Waals surface area contributed by atoms with E-state index in [9.17, 15) is 0 Å². The van der Waals surface area contributed by atoms with Crippen molar-refractivity contribution in [1.82, 2.24) is 0 Å². The van der Waals surface area contributed by atoms with Crippen LogP contribution in [-0.2, 0) is 0 Å². The summed E-state index contributed by atoms with van der Waals surface area (Å²) >= 11 is 0.534. The van der Waals surface area contributed by atoms with Gasteiger partial charge in [-0.15, -0.1) is 0 Å². The van der Waals surface area contributed by atoms with E-state index in [0.29, 0.717) is 49.5 Å². The molecule has 0 fully saturated rings. The van der Waals surface area contributed by atoms with Crippen LogP contribution in [0, 0.1) is 5.92 Å². The Balaban J connectivity index is 2.88. The molecule has 1 heterocycles. The summed E-state index contributed by atoms with van der Waals surface area (Å²) < 4.78 is 1.69. The van der Waals surface area contributed by atoms with Crippen LogP contribution in [0.4, 0.5) is 5.69 Å². The van der Waals surface area contributed by atoms with Crippen LogP contribution in [0.25, 0.3) is 0 Å². The van der Waals surface area contributed by atoms with Gasteiger partial charge in [0, 0.05) is 0 Å². The molecule has 0 spiro atoms. The molecule has 1 aromatic rings. The summed E-state index contributed by atoms with van der Waals surface area (Å²) in [6.45, 7) is 23.8. The first-order chi connectivity index (χ1) is 11.1. The van der Waals surface area contributed by atoms with Gasteiger partial charge in [-0.25, -0.2) is 0 Å². The van der Waals surface area contributed by atoms with E-state index in [2.05, 4.69) is 74.6 Å². The normalized spacial score (nSPS) is 17.5. The predicted molar refractivity (Wildman–Crippen MR) is 110 cm³/mol. The first-order valence-corrected chi connectivity index (χ1v) is 11.6. The van der Waals surface area contributed by atoms with Crippen molar-refractivity contribution in [3.63, 3.8) is 0 Å². The van der Waals surface area contributed by atoms with Crippen molar-refractivity contribution in [1.29, 1.82) is 0 Å². The molecule has 1 nitrogen and oxygen atoms in total. The monoisotopic (exact) mass is 395 g/mol. The average molecular weight is 395 g/mol. The molecule has 0 amide bonds.